The van der Waals surface area contributed by atoms with Gasteiger partial charge in [0.1, 0.15) is 16.2 Å². The zero-order valence-corrected chi connectivity index (χ0v) is 9.51. The fourth-order valence-corrected chi connectivity index (χ4v) is 1.54. The quantitative estimate of drug-likeness (QED) is 0.617. The van der Waals surface area contributed by atoms with Crippen molar-refractivity contribution in [1.29, 1.82) is 0 Å². The molecule has 2 aromatic rings. The van der Waals surface area contributed by atoms with Gasteiger partial charge in [-0.05, 0) is 12.1 Å². The topological polar surface area (TPSA) is 51.8 Å². The summed E-state index contributed by atoms with van der Waals surface area (Å²) in [6.07, 6.45) is 0. The minimum absolute atomic E-state index is 0.158. The van der Waals surface area contributed by atoms with E-state index in [1.54, 1.807) is 12.1 Å². The van der Waals surface area contributed by atoms with Gasteiger partial charge in [-0.3, -0.25) is 0 Å². The first-order chi connectivity index (χ1) is 7.20. The highest BCUT2D eigenvalue weighted by Crippen LogP contribution is 2.25. The normalized spacial score (nSPS) is 10.6. The van der Waals surface area contributed by atoms with Crippen molar-refractivity contribution in [2.45, 2.75) is 5.88 Å². The SMILES string of the molecule is ClCc1nc(-c2ccc(Cl)nc2Cl)no1. The van der Waals surface area contributed by atoms with E-state index in [0.29, 0.717) is 22.4 Å². The van der Waals surface area contributed by atoms with Crippen LogP contribution in [0.2, 0.25) is 10.3 Å². The van der Waals surface area contributed by atoms with E-state index in [1.807, 2.05) is 0 Å². The molecule has 2 aromatic heterocycles. The van der Waals surface area contributed by atoms with Crippen LogP contribution in [0.25, 0.3) is 11.4 Å². The summed E-state index contributed by atoms with van der Waals surface area (Å²) in [5.41, 5.74) is 0.557. The van der Waals surface area contributed by atoms with Crippen LogP contribution in [0, 0.1) is 0 Å². The highest BCUT2D eigenvalue weighted by atomic mass is 35.5. The summed E-state index contributed by atoms with van der Waals surface area (Å²) in [7, 11) is 0. The molecule has 2 heterocycles. The van der Waals surface area contributed by atoms with Crippen molar-refractivity contribution < 1.29 is 4.52 Å². The molecular formula is C8H4Cl3N3O. The smallest absolute Gasteiger partial charge is 0.241 e. The highest BCUT2D eigenvalue weighted by molar-refractivity contribution is 6.34. The third kappa shape index (κ3) is 2.22. The standard InChI is InChI=1S/C8H4Cl3N3O/c9-3-6-13-8(14-15-6)4-1-2-5(10)12-7(4)11/h1-2H,3H2. The number of hydrogen-bond acceptors (Lipinski definition) is 4. The van der Waals surface area contributed by atoms with E-state index in [4.69, 9.17) is 39.3 Å². The van der Waals surface area contributed by atoms with Crippen molar-refractivity contribution in [3.63, 3.8) is 0 Å². The van der Waals surface area contributed by atoms with Gasteiger partial charge in [-0.1, -0.05) is 28.4 Å². The molecule has 0 bridgehead atoms. The van der Waals surface area contributed by atoms with Gasteiger partial charge in [0.05, 0.1) is 5.56 Å². The van der Waals surface area contributed by atoms with E-state index in [0.717, 1.165) is 0 Å². The van der Waals surface area contributed by atoms with E-state index in [1.165, 1.54) is 0 Å². The van der Waals surface area contributed by atoms with Crippen LogP contribution >= 0.6 is 34.8 Å². The molecule has 0 spiro atoms. The maximum atomic E-state index is 5.87. The highest BCUT2D eigenvalue weighted by Gasteiger charge is 2.12. The van der Waals surface area contributed by atoms with Crippen molar-refractivity contribution in [2.24, 2.45) is 0 Å². The number of alkyl halides is 1. The molecule has 0 aliphatic heterocycles. The maximum Gasteiger partial charge on any atom is 0.241 e. The molecule has 2 rings (SSSR count). The number of halogens is 3. The zero-order valence-electron chi connectivity index (χ0n) is 7.25. The van der Waals surface area contributed by atoms with Crippen LogP contribution in [0.5, 0.6) is 0 Å². The molecule has 0 saturated carbocycles. The molecule has 0 saturated heterocycles. The Morgan fingerprint density at radius 1 is 1.20 bits per heavy atom. The van der Waals surface area contributed by atoms with Gasteiger partial charge in [-0.2, -0.15) is 4.98 Å². The Hall–Kier alpha value is -0.840. The van der Waals surface area contributed by atoms with Gasteiger partial charge in [0.15, 0.2) is 0 Å². The number of aromatic nitrogens is 3. The molecule has 0 amide bonds. The van der Waals surface area contributed by atoms with Crippen molar-refractivity contribution in [3.8, 4) is 11.4 Å². The minimum atomic E-state index is 0.158. The largest absolute Gasteiger partial charge is 0.338 e. The molecule has 0 aliphatic rings. The second-order valence-corrected chi connectivity index (χ2v) is 3.63. The Bertz CT molecular complexity index is 486. The van der Waals surface area contributed by atoms with Crippen molar-refractivity contribution in [1.82, 2.24) is 15.1 Å². The monoisotopic (exact) mass is 263 g/mol. The molecule has 15 heavy (non-hydrogen) atoms. The first kappa shape index (κ1) is 10.7. The summed E-state index contributed by atoms with van der Waals surface area (Å²) in [6.45, 7) is 0. The van der Waals surface area contributed by atoms with E-state index in [9.17, 15) is 0 Å². The van der Waals surface area contributed by atoms with Gasteiger partial charge in [0.25, 0.3) is 0 Å². The molecule has 0 aliphatic carbocycles. The zero-order chi connectivity index (χ0) is 10.8. The van der Waals surface area contributed by atoms with E-state index in [-0.39, 0.29) is 11.0 Å². The molecule has 0 atom stereocenters. The first-order valence-corrected chi connectivity index (χ1v) is 5.20. The van der Waals surface area contributed by atoms with Gasteiger partial charge >= 0.3 is 0 Å². The lowest BCUT2D eigenvalue weighted by atomic mass is 10.3. The maximum absolute atomic E-state index is 5.87. The van der Waals surface area contributed by atoms with Crippen LogP contribution in [-0.2, 0) is 5.88 Å². The molecule has 0 fully saturated rings. The molecule has 0 N–H and O–H groups in total. The van der Waals surface area contributed by atoms with E-state index < -0.39 is 0 Å². The van der Waals surface area contributed by atoms with Crippen LogP contribution in [0.4, 0.5) is 0 Å². The van der Waals surface area contributed by atoms with Crippen LogP contribution < -0.4 is 0 Å². The fourth-order valence-electron chi connectivity index (χ4n) is 0.997. The number of pyridine rings is 1. The average Bonchev–Trinajstić information content (AvgIpc) is 2.66. The average molecular weight is 264 g/mol. The Labute approximate surface area is 100 Å². The molecule has 0 aromatic carbocycles. The summed E-state index contributed by atoms with van der Waals surface area (Å²) in [5, 5.41) is 4.25. The molecule has 4 nitrogen and oxygen atoms in total. The number of rotatable bonds is 2. The van der Waals surface area contributed by atoms with Gasteiger partial charge in [-0.25, -0.2) is 4.98 Å². The van der Waals surface area contributed by atoms with E-state index >= 15 is 0 Å². The predicted molar refractivity (Wildman–Crippen MR) is 57.1 cm³/mol. The Kier molecular flexibility index (Phi) is 3.09. The predicted octanol–water partition coefficient (Wildman–Crippen LogP) is 3.18. The number of nitrogens with zero attached hydrogens (tertiary/aromatic N) is 3. The van der Waals surface area contributed by atoms with Crippen LogP contribution in [-0.4, -0.2) is 15.1 Å². The summed E-state index contributed by atoms with van der Waals surface area (Å²) in [6, 6.07) is 3.26. The van der Waals surface area contributed by atoms with Gasteiger partial charge in [0, 0.05) is 0 Å². The molecule has 0 unspecified atom stereocenters. The first-order valence-electron chi connectivity index (χ1n) is 3.91. The summed E-state index contributed by atoms with van der Waals surface area (Å²) in [5.74, 6) is 0.837. The second-order valence-electron chi connectivity index (χ2n) is 2.62. The Morgan fingerprint density at radius 3 is 2.60 bits per heavy atom. The lowest BCUT2D eigenvalue weighted by Gasteiger charge is -1.97. The molecule has 7 heteroatoms. The summed E-state index contributed by atoms with van der Waals surface area (Å²) < 4.78 is 4.84. The minimum Gasteiger partial charge on any atom is -0.338 e. The lowest BCUT2D eigenvalue weighted by Crippen LogP contribution is -1.86. The number of hydrogen-bond donors (Lipinski definition) is 0. The lowest BCUT2D eigenvalue weighted by molar-refractivity contribution is 0.391. The third-order valence-corrected chi connectivity index (χ3v) is 2.37. The van der Waals surface area contributed by atoms with Gasteiger partial charge < -0.3 is 4.52 Å². The van der Waals surface area contributed by atoms with Crippen LogP contribution in [0.15, 0.2) is 16.7 Å². The molecule has 0 radical (unpaired) electrons. The summed E-state index contributed by atoms with van der Waals surface area (Å²) >= 11 is 17.0. The third-order valence-electron chi connectivity index (χ3n) is 1.64. The second kappa shape index (κ2) is 4.35. The summed E-state index contributed by atoms with van der Waals surface area (Å²) in [4.78, 5) is 7.87. The van der Waals surface area contributed by atoms with Crippen molar-refractivity contribution in [3.05, 3.63) is 28.3 Å². The Morgan fingerprint density at radius 2 is 2.00 bits per heavy atom. The Balaban J connectivity index is 2.44. The van der Waals surface area contributed by atoms with Gasteiger partial charge in [-0.15, -0.1) is 11.6 Å². The fraction of sp³-hybridized carbons (Fsp3) is 0.125. The van der Waals surface area contributed by atoms with Crippen molar-refractivity contribution >= 4 is 34.8 Å². The molecule has 78 valence electrons. The van der Waals surface area contributed by atoms with Crippen LogP contribution in [0.1, 0.15) is 5.89 Å². The van der Waals surface area contributed by atoms with E-state index in [2.05, 4.69) is 15.1 Å². The van der Waals surface area contributed by atoms with Crippen molar-refractivity contribution in [2.75, 3.05) is 0 Å². The molecular weight excluding hydrogens is 260 g/mol. The van der Waals surface area contributed by atoms with Crippen LogP contribution in [0.3, 0.4) is 0 Å². The van der Waals surface area contributed by atoms with Gasteiger partial charge in [0.2, 0.25) is 11.7 Å².